The van der Waals surface area contributed by atoms with Crippen molar-refractivity contribution in [2.24, 2.45) is 5.73 Å². The average molecular weight is 881 g/mol. The van der Waals surface area contributed by atoms with Crippen molar-refractivity contribution in [1.29, 1.82) is 0 Å². The number of amides is 6. The Balaban J connectivity index is 1.54. The summed E-state index contributed by atoms with van der Waals surface area (Å²) >= 11 is 0. The predicted octanol–water partition coefficient (Wildman–Crippen LogP) is 1.48. The van der Waals surface area contributed by atoms with Gasteiger partial charge in [-0.1, -0.05) is 89.4 Å². The summed E-state index contributed by atoms with van der Waals surface area (Å²) in [7, 11) is 2.78. The monoisotopic (exact) mass is 880 g/mol. The molecule has 1 aliphatic heterocycles. The highest BCUT2D eigenvalue weighted by molar-refractivity contribution is 8.77. The van der Waals surface area contributed by atoms with Gasteiger partial charge < -0.3 is 52.8 Å². The molecule has 18 heteroatoms. The second-order valence-corrected chi connectivity index (χ2v) is 18.7. The van der Waals surface area contributed by atoms with Crippen LogP contribution in [0.1, 0.15) is 75.8 Å². The number of aliphatic hydroxyl groups excluding tert-OH is 2. The highest BCUT2D eigenvalue weighted by atomic mass is 33.1. The third-order valence-electron chi connectivity index (χ3n) is 11.1. The van der Waals surface area contributed by atoms with Crippen molar-refractivity contribution in [2.45, 2.75) is 119 Å². The van der Waals surface area contributed by atoms with E-state index >= 15 is 0 Å². The van der Waals surface area contributed by atoms with E-state index in [9.17, 15) is 39.0 Å². The van der Waals surface area contributed by atoms with Gasteiger partial charge in [-0.05, 0) is 62.8 Å². The Hall–Kier alpha value is -4.62. The molecule has 1 aromatic heterocycles. The van der Waals surface area contributed by atoms with Gasteiger partial charge in [0.25, 0.3) is 0 Å². The number of H-pyrrole nitrogens is 1. The minimum Gasteiger partial charge on any atom is -0.395 e. The third kappa shape index (κ3) is 13.9. The number of rotatable bonds is 12. The fourth-order valence-electron chi connectivity index (χ4n) is 7.75. The van der Waals surface area contributed by atoms with Crippen LogP contribution in [0.5, 0.6) is 0 Å². The van der Waals surface area contributed by atoms with Crippen molar-refractivity contribution in [2.75, 3.05) is 25.4 Å². The number of nitrogens with one attached hydrogen (secondary N) is 7. The van der Waals surface area contributed by atoms with Gasteiger partial charge in [-0.15, -0.1) is 0 Å². The number of carbonyl (C=O) groups excluding carboxylic acids is 6. The Morgan fingerprint density at radius 1 is 0.836 bits per heavy atom. The zero-order chi connectivity index (χ0) is 43.8. The molecule has 2 aromatic carbocycles. The van der Waals surface area contributed by atoms with Crippen LogP contribution in [0.3, 0.4) is 0 Å². The summed E-state index contributed by atoms with van der Waals surface area (Å²) in [6.07, 6.45) is 5.82. The number of hydrogen-bond donors (Lipinski definition) is 10. The first kappa shape index (κ1) is 47.4. The number of aliphatic hydroxyl groups is 2. The first-order valence-corrected chi connectivity index (χ1v) is 23.4. The summed E-state index contributed by atoms with van der Waals surface area (Å²) in [6.45, 7) is 1.26. The van der Waals surface area contributed by atoms with Gasteiger partial charge in [0.15, 0.2) is 0 Å². The van der Waals surface area contributed by atoms with Crippen molar-refractivity contribution < 1.29 is 39.0 Å². The number of carbonyl (C=O) groups is 6. The first-order chi connectivity index (χ1) is 29.4. The fraction of sp³-hybridized carbons (Fsp3) is 0.535. The minimum atomic E-state index is -1.52. The number of unbranched alkanes of at least 4 members (excludes halogenated alkanes) is 1. The van der Waals surface area contributed by atoms with E-state index in [1.165, 1.54) is 28.5 Å². The van der Waals surface area contributed by atoms with Crippen molar-refractivity contribution in [3.63, 3.8) is 0 Å². The first-order valence-electron chi connectivity index (χ1n) is 21.1. The van der Waals surface area contributed by atoms with Gasteiger partial charge in [0, 0.05) is 53.4 Å². The zero-order valence-corrected chi connectivity index (χ0v) is 36.2. The van der Waals surface area contributed by atoms with Crippen LogP contribution in [0.15, 0.2) is 60.8 Å². The Morgan fingerprint density at radius 2 is 1.51 bits per heavy atom. The summed E-state index contributed by atoms with van der Waals surface area (Å²) in [5.74, 6) is -3.73. The molecule has 61 heavy (non-hydrogen) atoms. The number of hydrogen-bond acceptors (Lipinski definition) is 11. The van der Waals surface area contributed by atoms with Crippen LogP contribution in [0.4, 0.5) is 0 Å². The van der Waals surface area contributed by atoms with Crippen LogP contribution < -0.4 is 37.6 Å². The lowest BCUT2D eigenvalue weighted by molar-refractivity contribution is -0.136. The maximum atomic E-state index is 14.5. The lowest BCUT2D eigenvalue weighted by Gasteiger charge is -2.36. The van der Waals surface area contributed by atoms with Crippen LogP contribution in [0, 0.1) is 0 Å². The summed E-state index contributed by atoms with van der Waals surface area (Å²) < 4.78 is -0.551. The van der Waals surface area contributed by atoms with Gasteiger partial charge in [0.2, 0.25) is 35.4 Å². The molecule has 1 spiro atoms. The molecule has 1 saturated carbocycles. The van der Waals surface area contributed by atoms with Crippen LogP contribution in [0.2, 0.25) is 0 Å². The number of aromatic amines is 1. The molecule has 6 amide bonds. The van der Waals surface area contributed by atoms with E-state index in [0.29, 0.717) is 32.2 Å². The van der Waals surface area contributed by atoms with Crippen molar-refractivity contribution in [3.8, 4) is 0 Å². The molecule has 2 fully saturated rings. The van der Waals surface area contributed by atoms with E-state index in [1.807, 2.05) is 54.6 Å². The van der Waals surface area contributed by atoms with E-state index in [-0.39, 0.29) is 50.5 Å². The molecule has 3 aromatic rings. The molecule has 16 nitrogen and oxygen atoms in total. The summed E-state index contributed by atoms with van der Waals surface area (Å²) in [4.78, 5) is 87.6. The quantitative estimate of drug-likeness (QED) is 0.0921. The van der Waals surface area contributed by atoms with E-state index in [0.717, 1.165) is 41.3 Å². The second-order valence-electron chi connectivity index (χ2n) is 15.9. The molecule has 5 rings (SSSR count). The molecule has 1 saturated heterocycles. The Kier molecular flexibility index (Phi) is 18.3. The van der Waals surface area contributed by atoms with E-state index in [4.69, 9.17) is 5.73 Å². The van der Waals surface area contributed by atoms with Gasteiger partial charge in [-0.2, -0.15) is 0 Å². The largest absolute Gasteiger partial charge is 0.395 e. The molecule has 6 atom stereocenters. The van der Waals surface area contributed by atoms with Crippen molar-refractivity contribution in [1.82, 2.24) is 36.9 Å². The van der Waals surface area contributed by atoms with Gasteiger partial charge in [-0.3, -0.25) is 28.8 Å². The molecule has 0 bridgehead atoms. The number of benzene rings is 2. The molecular formula is C43H60N8O8S2. The molecule has 0 radical (unpaired) electrons. The average Bonchev–Trinajstić information content (AvgIpc) is 3.66. The van der Waals surface area contributed by atoms with E-state index in [1.54, 1.807) is 6.20 Å². The van der Waals surface area contributed by atoms with Gasteiger partial charge >= 0.3 is 0 Å². The molecule has 332 valence electrons. The highest BCUT2D eigenvalue weighted by Gasteiger charge is 2.39. The molecule has 2 heterocycles. The SMILES string of the molecule is C[C@@H](O)[C@@H]1NC(=O)C(CCCCN)NC(=O)C(Cc2c[nH]c3ccccc23)NC(=O)[C@H](Cc2ccccc2)NC(=O)CC2(CCCCC2)SSCC(C(=O)NCCO)NC1=O. The van der Waals surface area contributed by atoms with E-state index < -0.39 is 70.6 Å². The summed E-state index contributed by atoms with van der Waals surface area (Å²) in [5.41, 5.74) is 8.13. The molecule has 1 aliphatic carbocycles. The Bertz CT molecular complexity index is 1940. The van der Waals surface area contributed by atoms with Crippen LogP contribution >= 0.6 is 21.6 Å². The van der Waals surface area contributed by atoms with Crippen LogP contribution in [0.25, 0.3) is 10.9 Å². The maximum Gasteiger partial charge on any atom is 0.245 e. The van der Waals surface area contributed by atoms with Crippen LogP contribution in [-0.2, 0) is 41.6 Å². The maximum absolute atomic E-state index is 14.5. The lowest BCUT2D eigenvalue weighted by atomic mass is 9.85. The molecule has 3 unspecified atom stereocenters. The van der Waals surface area contributed by atoms with E-state index in [2.05, 4.69) is 36.9 Å². The smallest absolute Gasteiger partial charge is 0.245 e. The normalized spacial score (nSPS) is 24.1. The fourth-order valence-corrected chi connectivity index (χ4v) is 11.1. The summed E-state index contributed by atoms with van der Waals surface area (Å²) in [6, 6.07) is 10.6. The lowest BCUT2D eigenvalue weighted by Crippen LogP contribution is -2.61. The third-order valence-corrected chi connectivity index (χ3v) is 14.4. The Morgan fingerprint density at radius 3 is 2.21 bits per heavy atom. The zero-order valence-electron chi connectivity index (χ0n) is 34.6. The topological polar surface area (TPSA) is 257 Å². The number of fused-ring (bicyclic) bond motifs is 1. The predicted molar refractivity (Wildman–Crippen MR) is 237 cm³/mol. The number of aromatic nitrogens is 1. The van der Waals surface area contributed by atoms with Crippen LogP contribution in [-0.4, -0.2) is 117 Å². The minimum absolute atomic E-state index is 0.0279. The second kappa shape index (κ2) is 23.6. The van der Waals surface area contributed by atoms with Crippen molar-refractivity contribution in [3.05, 3.63) is 71.9 Å². The standard InChI is InChI=1S/C43H60N8O8S2/c1-27(53)37-42(59)50-35(38(55)45-20-21-52)26-60-61-43(17-9-3-10-18-43)24-36(54)47-33(22-28-12-4-2-5-13-28)40(57)49-34(23-29-25-46-31-15-7-6-14-30(29)31)41(58)48-32(39(56)51-37)16-8-11-19-44/h2,4-7,12-15,25,27,32-35,37,46,52-53H,3,8-11,16-24,26,44H2,1H3,(H,45,55)(H,47,54)(H,48,58)(H,49,57)(H,50,59)(H,51,56)/t27-,32?,33+,34?,35?,37+/m1/s1. The molecule has 2 aliphatic rings. The highest BCUT2D eigenvalue weighted by Crippen LogP contribution is 2.48. The van der Waals surface area contributed by atoms with Crippen molar-refractivity contribution >= 4 is 67.9 Å². The van der Waals surface area contributed by atoms with Gasteiger partial charge in [0.1, 0.15) is 30.2 Å². The number of nitrogens with two attached hydrogens (primary N) is 1. The molecule has 11 N–H and O–H groups in total. The Labute approximate surface area is 364 Å². The van der Waals surface area contributed by atoms with Gasteiger partial charge in [-0.25, -0.2) is 0 Å². The van der Waals surface area contributed by atoms with Gasteiger partial charge in [0.05, 0.1) is 12.7 Å². The summed E-state index contributed by atoms with van der Waals surface area (Å²) in [5, 5.41) is 37.7. The molecular weight excluding hydrogens is 821 g/mol. The number of para-hydroxylation sites is 1.